The van der Waals surface area contributed by atoms with Crippen molar-refractivity contribution >= 4 is 11.6 Å². The number of phenols is 1. The fourth-order valence-electron chi connectivity index (χ4n) is 3.48. The van der Waals surface area contributed by atoms with Crippen molar-refractivity contribution < 1.29 is 9.90 Å². The lowest BCUT2D eigenvalue weighted by molar-refractivity contribution is -0.115. The normalized spacial score (nSPS) is 14.2. The molecule has 0 fully saturated rings. The van der Waals surface area contributed by atoms with E-state index in [2.05, 4.69) is 23.6 Å². The van der Waals surface area contributed by atoms with Crippen LogP contribution in [0.1, 0.15) is 36.5 Å². The Morgan fingerprint density at radius 1 is 1.20 bits per heavy atom. The molecule has 1 amide bonds. The Hall–Kier alpha value is -2.33. The molecule has 4 nitrogen and oxygen atoms in total. The SMILES string of the molecule is CCCC(Cc1cccc2c1CC(=O)N2)NCCc1ccc(O)cc1. The first-order chi connectivity index (χ1) is 12.2. The van der Waals surface area contributed by atoms with Crippen molar-refractivity contribution in [3.8, 4) is 5.75 Å². The first kappa shape index (κ1) is 17.5. The number of aromatic hydroxyl groups is 1. The summed E-state index contributed by atoms with van der Waals surface area (Å²) in [6, 6.07) is 14.0. The monoisotopic (exact) mass is 338 g/mol. The van der Waals surface area contributed by atoms with Crippen LogP contribution in [-0.4, -0.2) is 23.6 Å². The Bertz CT molecular complexity index is 725. The first-order valence-corrected chi connectivity index (χ1v) is 9.07. The molecule has 4 heteroatoms. The van der Waals surface area contributed by atoms with Crippen LogP contribution < -0.4 is 10.6 Å². The van der Waals surface area contributed by atoms with E-state index < -0.39 is 0 Å². The highest BCUT2D eigenvalue weighted by molar-refractivity contribution is 5.99. The third-order valence-corrected chi connectivity index (χ3v) is 4.77. The number of nitrogens with one attached hydrogen (secondary N) is 2. The van der Waals surface area contributed by atoms with Crippen molar-refractivity contribution in [2.24, 2.45) is 0 Å². The summed E-state index contributed by atoms with van der Waals surface area (Å²) in [5.41, 5.74) is 4.62. The zero-order valence-corrected chi connectivity index (χ0v) is 14.7. The maximum Gasteiger partial charge on any atom is 0.228 e. The van der Waals surface area contributed by atoms with Crippen LogP contribution in [0, 0.1) is 0 Å². The minimum atomic E-state index is 0.0924. The highest BCUT2D eigenvalue weighted by Gasteiger charge is 2.21. The number of phenolic OH excluding ortho intramolecular Hbond substituents is 1. The molecular formula is C21H26N2O2. The van der Waals surface area contributed by atoms with Crippen LogP contribution in [0.3, 0.4) is 0 Å². The van der Waals surface area contributed by atoms with Gasteiger partial charge in [0, 0.05) is 11.7 Å². The highest BCUT2D eigenvalue weighted by atomic mass is 16.3. The van der Waals surface area contributed by atoms with Crippen LogP contribution in [0.2, 0.25) is 0 Å². The van der Waals surface area contributed by atoms with Crippen LogP contribution >= 0.6 is 0 Å². The maximum atomic E-state index is 11.7. The molecule has 0 saturated heterocycles. The third kappa shape index (κ3) is 4.60. The summed E-state index contributed by atoms with van der Waals surface area (Å²) >= 11 is 0. The van der Waals surface area contributed by atoms with Gasteiger partial charge in [0.25, 0.3) is 0 Å². The van der Waals surface area contributed by atoms with E-state index in [1.54, 1.807) is 12.1 Å². The molecule has 0 radical (unpaired) electrons. The van der Waals surface area contributed by atoms with Crippen molar-refractivity contribution in [3.63, 3.8) is 0 Å². The number of hydrogen-bond donors (Lipinski definition) is 3. The lowest BCUT2D eigenvalue weighted by Gasteiger charge is -2.20. The van der Waals surface area contributed by atoms with E-state index in [0.717, 1.165) is 43.5 Å². The number of fused-ring (bicyclic) bond motifs is 1. The molecular weight excluding hydrogens is 312 g/mol. The average molecular weight is 338 g/mol. The van der Waals surface area contributed by atoms with Crippen molar-refractivity contribution in [1.29, 1.82) is 0 Å². The van der Waals surface area contributed by atoms with E-state index in [9.17, 15) is 9.90 Å². The van der Waals surface area contributed by atoms with Crippen LogP contribution in [0.15, 0.2) is 42.5 Å². The zero-order chi connectivity index (χ0) is 17.6. The van der Waals surface area contributed by atoms with Gasteiger partial charge in [-0.3, -0.25) is 4.79 Å². The number of carbonyl (C=O) groups excluding carboxylic acids is 1. The number of carbonyl (C=O) groups is 1. The molecule has 0 spiro atoms. The van der Waals surface area contributed by atoms with Gasteiger partial charge in [0.05, 0.1) is 6.42 Å². The second-order valence-corrected chi connectivity index (χ2v) is 6.73. The molecule has 2 aromatic carbocycles. The predicted molar refractivity (Wildman–Crippen MR) is 101 cm³/mol. The summed E-state index contributed by atoms with van der Waals surface area (Å²) in [6.45, 7) is 3.11. The predicted octanol–water partition coefficient (Wildman–Crippen LogP) is 3.43. The van der Waals surface area contributed by atoms with Crippen molar-refractivity contribution in [2.45, 2.75) is 45.1 Å². The summed E-state index contributed by atoms with van der Waals surface area (Å²) < 4.78 is 0. The molecule has 0 aliphatic carbocycles. The summed E-state index contributed by atoms with van der Waals surface area (Å²) in [5.74, 6) is 0.399. The van der Waals surface area contributed by atoms with Crippen molar-refractivity contribution in [1.82, 2.24) is 5.32 Å². The Morgan fingerprint density at radius 2 is 2.00 bits per heavy atom. The van der Waals surface area contributed by atoms with Crippen molar-refractivity contribution in [2.75, 3.05) is 11.9 Å². The first-order valence-electron chi connectivity index (χ1n) is 9.07. The summed E-state index contributed by atoms with van der Waals surface area (Å²) in [7, 11) is 0. The number of hydrogen-bond acceptors (Lipinski definition) is 3. The molecule has 25 heavy (non-hydrogen) atoms. The standard InChI is InChI=1S/C21H26N2O2/c1-2-4-17(22-12-11-15-7-9-18(24)10-8-15)13-16-5-3-6-20-19(16)14-21(25)23-20/h3,5-10,17,22,24H,2,4,11-14H2,1H3,(H,23,25). The number of anilines is 1. The van der Waals surface area contributed by atoms with Crippen LogP contribution in [0.25, 0.3) is 0 Å². The van der Waals surface area contributed by atoms with E-state index in [-0.39, 0.29) is 5.91 Å². The summed E-state index contributed by atoms with van der Waals surface area (Å²) in [6.07, 6.45) is 4.62. The molecule has 1 aliphatic rings. The largest absolute Gasteiger partial charge is 0.508 e. The number of amides is 1. The number of benzene rings is 2. The van der Waals surface area contributed by atoms with Gasteiger partial charge in [0.15, 0.2) is 0 Å². The topological polar surface area (TPSA) is 61.4 Å². The molecule has 0 bridgehead atoms. The van der Waals surface area contributed by atoms with Gasteiger partial charge in [-0.1, -0.05) is 37.6 Å². The fourth-order valence-corrected chi connectivity index (χ4v) is 3.48. The Kier molecular flexibility index (Phi) is 5.71. The molecule has 3 rings (SSSR count). The third-order valence-electron chi connectivity index (χ3n) is 4.77. The average Bonchev–Trinajstić information content (AvgIpc) is 2.98. The molecule has 1 heterocycles. The Labute approximate surface area is 149 Å². The van der Waals surface area contributed by atoms with Crippen molar-refractivity contribution in [3.05, 3.63) is 59.2 Å². The van der Waals surface area contributed by atoms with Gasteiger partial charge >= 0.3 is 0 Å². The molecule has 1 unspecified atom stereocenters. The van der Waals surface area contributed by atoms with E-state index in [4.69, 9.17) is 0 Å². The van der Waals surface area contributed by atoms with Gasteiger partial charge in [-0.2, -0.15) is 0 Å². The molecule has 2 aromatic rings. The fraction of sp³-hybridized carbons (Fsp3) is 0.381. The van der Waals surface area contributed by atoms with Gasteiger partial charge in [0.2, 0.25) is 5.91 Å². The summed E-state index contributed by atoms with van der Waals surface area (Å²) in [4.78, 5) is 11.7. The Balaban J connectivity index is 1.59. The second-order valence-electron chi connectivity index (χ2n) is 6.73. The van der Waals surface area contributed by atoms with Gasteiger partial charge in [0.1, 0.15) is 5.75 Å². The van der Waals surface area contributed by atoms with E-state index in [1.807, 2.05) is 24.3 Å². The highest BCUT2D eigenvalue weighted by Crippen LogP contribution is 2.27. The molecule has 132 valence electrons. The molecule has 0 saturated carbocycles. The van der Waals surface area contributed by atoms with E-state index >= 15 is 0 Å². The molecule has 3 N–H and O–H groups in total. The summed E-state index contributed by atoms with van der Waals surface area (Å²) in [5, 5.41) is 16.0. The van der Waals surface area contributed by atoms with Gasteiger partial charge in [-0.05, 0) is 60.7 Å². The smallest absolute Gasteiger partial charge is 0.228 e. The maximum absolute atomic E-state index is 11.7. The Morgan fingerprint density at radius 3 is 2.76 bits per heavy atom. The number of rotatable bonds is 8. The van der Waals surface area contributed by atoms with E-state index in [0.29, 0.717) is 18.2 Å². The van der Waals surface area contributed by atoms with Crippen LogP contribution in [-0.2, 0) is 24.1 Å². The minimum Gasteiger partial charge on any atom is -0.508 e. The van der Waals surface area contributed by atoms with Crippen LogP contribution in [0.5, 0.6) is 5.75 Å². The molecule has 1 aliphatic heterocycles. The second kappa shape index (κ2) is 8.17. The molecule has 1 atom stereocenters. The lowest BCUT2D eigenvalue weighted by atomic mass is 9.96. The quantitative estimate of drug-likeness (QED) is 0.691. The van der Waals surface area contributed by atoms with Gasteiger partial charge in [-0.25, -0.2) is 0 Å². The lowest BCUT2D eigenvalue weighted by Crippen LogP contribution is -2.33. The molecule has 0 aromatic heterocycles. The van der Waals surface area contributed by atoms with Gasteiger partial charge in [-0.15, -0.1) is 0 Å². The van der Waals surface area contributed by atoms with Crippen LogP contribution in [0.4, 0.5) is 5.69 Å². The van der Waals surface area contributed by atoms with Gasteiger partial charge < -0.3 is 15.7 Å². The van der Waals surface area contributed by atoms with E-state index in [1.165, 1.54) is 11.1 Å². The zero-order valence-electron chi connectivity index (χ0n) is 14.7. The minimum absolute atomic E-state index is 0.0924.